The number of benzene rings is 1. The van der Waals surface area contributed by atoms with Gasteiger partial charge in [-0.15, -0.1) is 0 Å². The van der Waals surface area contributed by atoms with Crippen LogP contribution in [0, 0.1) is 0 Å². The summed E-state index contributed by atoms with van der Waals surface area (Å²) in [5.41, 5.74) is 2.06. The van der Waals surface area contributed by atoms with Crippen LogP contribution >= 0.6 is 0 Å². The molecule has 0 aliphatic rings. The van der Waals surface area contributed by atoms with Crippen LogP contribution in [0.15, 0.2) is 71.9 Å². The molecule has 0 fully saturated rings. The Morgan fingerprint density at radius 2 is 1.75 bits per heavy atom. The van der Waals surface area contributed by atoms with Crippen LogP contribution in [0.1, 0.15) is 10.5 Å². The van der Waals surface area contributed by atoms with Crippen LogP contribution in [-0.2, 0) is 10.0 Å². The van der Waals surface area contributed by atoms with Crippen molar-refractivity contribution in [2.75, 3.05) is 14.2 Å². The van der Waals surface area contributed by atoms with Gasteiger partial charge in [0.15, 0.2) is 4.90 Å². The van der Waals surface area contributed by atoms with Crippen molar-refractivity contribution in [3.8, 4) is 22.9 Å². The smallest absolute Gasteiger partial charge is 0.283 e. The lowest BCUT2D eigenvalue weighted by atomic mass is 10.0. The van der Waals surface area contributed by atoms with Crippen LogP contribution < -0.4 is 14.2 Å². The fourth-order valence-electron chi connectivity index (χ4n) is 3.22. The van der Waals surface area contributed by atoms with Crippen LogP contribution in [0.3, 0.4) is 0 Å². The molecule has 0 aliphatic heterocycles. The average molecular weight is 450 g/mol. The number of sulfonamides is 1. The number of pyridine rings is 3. The highest BCUT2D eigenvalue weighted by atomic mass is 32.2. The third kappa shape index (κ3) is 3.95. The van der Waals surface area contributed by atoms with E-state index in [-0.39, 0.29) is 22.2 Å². The molecule has 1 N–H and O–H groups in total. The summed E-state index contributed by atoms with van der Waals surface area (Å²) in [4.78, 5) is 25.0. The van der Waals surface area contributed by atoms with Crippen molar-refractivity contribution in [2.24, 2.45) is 0 Å². The molecule has 0 bridgehead atoms. The van der Waals surface area contributed by atoms with E-state index in [1.807, 2.05) is 29.0 Å². The molecule has 1 aromatic carbocycles. The molecule has 162 valence electrons. The average Bonchev–Trinajstić information content (AvgIpc) is 2.82. The van der Waals surface area contributed by atoms with Gasteiger partial charge in [0.05, 0.1) is 25.4 Å². The zero-order valence-electron chi connectivity index (χ0n) is 17.1. The highest BCUT2D eigenvalue weighted by Gasteiger charge is 2.28. The van der Waals surface area contributed by atoms with E-state index in [9.17, 15) is 13.2 Å². The third-order valence-corrected chi connectivity index (χ3v) is 6.02. The van der Waals surface area contributed by atoms with Crippen LogP contribution in [0.4, 0.5) is 0 Å². The lowest BCUT2D eigenvalue weighted by Gasteiger charge is -2.13. The summed E-state index contributed by atoms with van der Waals surface area (Å²) in [5, 5.41) is 0.779. The Kier molecular flexibility index (Phi) is 5.69. The Labute approximate surface area is 184 Å². The summed E-state index contributed by atoms with van der Waals surface area (Å²) in [6.07, 6.45) is 3.03. The second kappa shape index (κ2) is 8.60. The molecule has 9 nitrogen and oxygen atoms in total. The fourth-order valence-corrected chi connectivity index (χ4v) is 4.45. The Morgan fingerprint density at radius 3 is 2.47 bits per heavy atom. The number of carbonyl (C=O) groups excluding carboxylic acids is 1. The van der Waals surface area contributed by atoms with Gasteiger partial charge < -0.3 is 9.47 Å². The molecule has 0 atom stereocenters. The van der Waals surface area contributed by atoms with Crippen LogP contribution in [0.2, 0.25) is 0 Å². The molecule has 0 spiro atoms. The van der Waals surface area contributed by atoms with Crippen molar-refractivity contribution >= 4 is 26.8 Å². The van der Waals surface area contributed by atoms with E-state index >= 15 is 0 Å². The van der Waals surface area contributed by atoms with Gasteiger partial charge in [0.2, 0.25) is 5.88 Å². The molecule has 32 heavy (non-hydrogen) atoms. The molecule has 0 unspecified atom stereocenters. The van der Waals surface area contributed by atoms with Gasteiger partial charge in [0.1, 0.15) is 11.4 Å². The van der Waals surface area contributed by atoms with Gasteiger partial charge in [-0.2, -0.15) is 0 Å². The molecule has 0 saturated heterocycles. The largest absolute Gasteiger partial charge is 0.495 e. The van der Waals surface area contributed by atoms with Crippen molar-refractivity contribution in [3.63, 3.8) is 0 Å². The quantitative estimate of drug-likeness (QED) is 0.476. The minimum Gasteiger partial charge on any atom is -0.495 e. The molecule has 4 rings (SSSR count). The summed E-state index contributed by atoms with van der Waals surface area (Å²) in [6, 6.07) is 15.5. The number of hydrogen-bond acceptors (Lipinski definition) is 8. The molecule has 0 saturated carbocycles. The van der Waals surface area contributed by atoms with Gasteiger partial charge in [0, 0.05) is 29.4 Å². The van der Waals surface area contributed by atoms with Gasteiger partial charge in [-0.25, -0.2) is 23.1 Å². The van der Waals surface area contributed by atoms with Gasteiger partial charge in [-0.1, -0.05) is 18.2 Å². The Bertz CT molecular complexity index is 1390. The van der Waals surface area contributed by atoms with E-state index in [0.29, 0.717) is 5.52 Å². The third-order valence-electron chi connectivity index (χ3n) is 4.65. The number of nitrogens with zero attached hydrogens (tertiary/aromatic N) is 3. The number of fused-ring (bicyclic) bond motifs is 1. The summed E-state index contributed by atoms with van der Waals surface area (Å²) in [7, 11) is -1.78. The van der Waals surface area contributed by atoms with Crippen LogP contribution in [-0.4, -0.2) is 43.5 Å². The SMILES string of the molecule is COc1ccnc(OC)c1S(=O)(=O)NC(=O)c1ccc2c(-c3ccccn3)cccc2n1. The minimum atomic E-state index is -4.36. The maximum absolute atomic E-state index is 12.9. The second-order valence-corrected chi connectivity index (χ2v) is 8.19. The predicted molar refractivity (Wildman–Crippen MR) is 117 cm³/mol. The Morgan fingerprint density at radius 1 is 0.906 bits per heavy atom. The summed E-state index contributed by atoms with van der Waals surface area (Å²) >= 11 is 0. The van der Waals surface area contributed by atoms with Gasteiger partial charge in [-0.3, -0.25) is 9.78 Å². The first-order valence-electron chi connectivity index (χ1n) is 9.40. The second-order valence-electron chi connectivity index (χ2n) is 6.57. The topological polar surface area (TPSA) is 120 Å². The molecule has 1 amide bonds. The first-order chi connectivity index (χ1) is 15.4. The number of nitrogens with one attached hydrogen (secondary N) is 1. The predicted octanol–water partition coefficient (Wildman–Crippen LogP) is 2.83. The van der Waals surface area contributed by atoms with Gasteiger partial charge in [-0.05, 0) is 30.3 Å². The number of carbonyl (C=O) groups is 1. The van der Waals surface area contributed by atoms with Gasteiger partial charge in [0.25, 0.3) is 15.9 Å². The molecular weight excluding hydrogens is 432 g/mol. The van der Waals surface area contributed by atoms with E-state index in [4.69, 9.17) is 9.47 Å². The van der Waals surface area contributed by atoms with Crippen molar-refractivity contribution in [2.45, 2.75) is 4.90 Å². The van der Waals surface area contributed by atoms with Crippen molar-refractivity contribution in [3.05, 3.63) is 72.7 Å². The zero-order valence-corrected chi connectivity index (χ0v) is 18.0. The van der Waals surface area contributed by atoms with Crippen LogP contribution in [0.5, 0.6) is 11.6 Å². The highest BCUT2D eigenvalue weighted by molar-refractivity contribution is 7.90. The van der Waals surface area contributed by atoms with Gasteiger partial charge >= 0.3 is 0 Å². The van der Waals surface area contributed by atoms with Crippen molar-refractivity contribution in [1.82, 2.24) is 19.7 Å². The number of aromatic nitrogens is 3. The highest BCUT2D eigenvalue weighted by Crippen LogP contribution is 2.31. The van der Waals surface area contributed by atoms with Crippen LogP contribution in [0.25, 0.3) is 22.2 Å². The normalized spacial score (nSPS) is 11.2. The summed E-state index contributed by atoms with van der Waals surface area (Å²) in [6.45, 7) is 0. The number of rotatable bonds is 6. The lowest BCUT2D eigenvalue weighted by molar-refractivity contribution is 0.0977. The molecule has 0 aliphatic carbocycles. The van der Waals surface area contributed by atoms with Crippen molar-refractivity contribution < 1.29 is 22.7 Å². The zero-order chi connectivity index (χ0) is 22.7. The maximum Gasteiger partial charge on any atom is 0.283 e. The summed E-state index contributed by atoms with van der Waals surface area (Å²) < 4.78 is 38.0. The molecule has 0 radical (unpaired) electrons. The molecule has 10 heteroatoms. The van der Waals surface area contributed by atoms with E-state index in [1.54, 1.807) is 24.4 Å². The molecule has 3 aromatic heterocycles. The standard InChI is InChI=1S/C22H18N4O5S/c1-30-19-11-13-24-22(31-2)20(19)32(28,29)26-21(27)18-10-9-15-14(6-5-8-17(15)25-18)16-7-3-4-12-23-16/h3-13H,1-2H3,(H,26,27). The fraction of sp³-hybridized carbons (Fsp3) is 0.0909. The van der Waals surface area contributed by atoms with E-state index in [1.165, 1.54) is 32.5 Å². The maximum atomic E-state index is 12.9. The molecular formula is C22H18N4O5S. The Hall–Kier alpha value is -4.05. The number of amides is 1. The monoisotopic (exact) mass is 450 g/mol. The Balaban J connectivity index is 1.70. The summed E-state index contributed by atoms with van der Waals surface area (Å²) in [5.74, 6) is -1.11. The van der Waals surface area contributed by atoms with E-state index in [2.05, 4.69) is 15.0 Å². The number of hydrogen-bond donors (Lipinski definition) is 1. The number of methoxy groups -OCH3 is 2. The van der Waals surface area contributed by atoms with E-state index in [0.717, 1.165) is 16.6 Å². The first-order valence-corrected chi connectivity index (χ1v) is 10.9. The number of ether oxygens (including phenoxy) is 2. The van der Waals surface area contributed by atoms with Crippen molar-refractivity contribution in [1.29, 1.82) is 0 Å². The first kappa shape index (κ1) is 21.2. The molecule has 3 heterocycles. The lowest BCUT2D eigenvalue weighted by Crippen LogP contribution is -2.32. The van der Waals surface area contributed by atoms with E-state index < -0.39 is 15.9 Å². The molecule has 4 aromatic rings. The minimum absolute atomic E-state index is 0.0105.